The Labute approximate surface area is 115 Å². The van der Waals surface area contributed by atoms with Crippen molar-refractivity contribution in [3.8, 4) is 0 Å². The molecule has 2 rings (SSSR count). The second kappa shape index (κ2) is 4.76. The van der Waals surface area contributed by atoms with E-state index in [0.29, 0.717) is 5.56 Å². The molecule has 1 heterocycles. The number of aliphatic carboxylic acids is 1. The second-order valence-electron chi connectivity index (χ2n) is 4.84. The van der Waals surface area contributed by atoms with E-state index >= 15 is 0 Å². The molecule has 1 aromatic carbocycles. The van der Waals surface area contributed by atoms with Gasteiger partial charge in [0.1, 0.15) is 5.82 Å². The lowest BCUT2D eigenvalue weighted by molar-refractivity contribution is -0.147. The standard InChI is InChI=1S/C12H12ClFO4S/c13-10-5-9(14)2-1-8(10)6-12(11(15)16)3-4-19(17,18)7-12/h1-2,5H,3-4,6-7H2,(H,15,16). The van der Waals surface area contributed by atoms with Gasteiger partial charge in [0.25, 0.3) is 0 Å². The third kappa shape index (κ3) is 2.90. The third-order valence-electron chi connectivity index (χ3n) is 3.39. The molecule has 104 valence electrons. The quantitative estimate of drug-likeness (QED) is 0.926. The van der Waals surface area contributed by atoms with E-state index in [4.69, 9.17) is 11.6 Å². The van der Waals surface area contributed by atoms with Crippen molar-refractivity contribution in [1.82, 2.24) is 0 Å². The molecule has 1 saturated heterocycles. The molecule has 1 aliphatic rings. The van der Waals surface area contributed by atoms with Gasteiger partial charge >= 0.3 is 5.97 Å². The Hall–Kier alpha value is -1.14. The van der Waals surface area contributed by atoms with Crippen LogP contribution < -0.4 is 0 Å². The van der Waals surface area contributed by atoms with Crippen molar-refractivity contribution in [2.75, 3.05) is 11.5 Å². The molecule has 0 saturated carbocycles. The molecule has 0 bridgehead atoms. The molecule has 1 aromatic rings. The van der Waals surface area contributed by atoms with Crippen molar-refractivity contribution in [1.29, 1.82) is 0 Å². The number of halogens is 2. The first kappa shape index (κ1) is 14.3. The minimum atomic E-state index is -3.34. The molecule has 1 fully saturated rings. The molecular weight excluding hydrogens is 295 g/mol. The Morgan fingerprint density at radius 3 is 2.63 bits per heavy atom. The summed E-state index contributed by atoms with van der Waals surface area (Å²) in [4.78, 5) is 11.4. The zero-order chi connectivity index (χ0) is 14.3. The fourth-order valence-corrected chi connectivity index (χ4v) is 4.62. The lowest BCUT2D eigenvalue weighted by Gasteiger charge is -2.22. The van der Waals surface area contributed by atoms with E-state index in [2.05, 4.69) is 0 Å². The fourth-order valence-electron chi connectivity index (χ4n) is 2.33. The summed E-state index contributed by atoms with van der Waals surface area (Å²) in [5, 5.41) is 9.44. The molecular formula is C12H12ClFO4S. The van der Waals surface area contributed by atoms with Crippen LogP contribution in [0.1, 0.15) is 12.0 Å². The fraction of sp³-hybridized carbons (Fsp3) is 0.417. The van der Waals surface area contributed by atoms with Gasteiger partial charge in [0, 0.05) is 5.02 Å². The van der Waals surface area contributed by atoms with Gasteiger partial charge in [-0.3, -0.25) is 4.79 Å². The molecule has 0 aromatic heterocycles. The van der Waals surface area contributed by atoms with Gasteiger partial charge in [-0.1, -0.05) is 17.7 Å². The zero-order valence-electron chi connectivity index (χ0n) is 9.90. The Bertz CT molecular complexity index is 629. The molecule has 1 N–H and O–H groups in total. The summed E-state index contributed by atoms with van der Waals surface area (Å²) < 4.78 is 36.0. The molecule has 4 nitrogen and oxygen atoms in total. The van der Waals surface area contributed by atoms with Crippen molar-refractivity contribution in [2.45, 2.75) is 12.8 Å². The van der Waals surface area contributed by atoms with Crippen LogP contribution in [0, 0.1) is 11.2 Å². The summed E-state index contributed by atoms with van der Waals surface area (Å²) in [6.07, 6.45) is 0.0407. The predicted molar refractivity (Wildman–Crippen MR) is 68.5 cm³/mol. The van der Waals surface area contributed by atoms with Crippen molar-refractivity contribution in [3.63, 3.8) is 0 Å². The average Bonchev–Trinajstić information content (AvgIpc) is 2.60. The van der Waals surface area contributed by atoms with Gasteiger partial charge in [-0.05, 0) is 30.5 Å². The summed E-state index contributed by atoms with van der Waals surface area (Å²) in [6.45, 7) is 0. The molecule has 19 heavy (non-hydrogen) atoms. The smallest absolute Gasteiger partial charge is 0.311 e. The van der Waals surface area contributed by atoms with Crippen LogP contribution in [0.4, 0.5) is 4.39 Å². The lowest BCUT2D eigenvalue weighted by Crippen LogP contribution is -2.34. The van der Waals surface area contributed by atoms with E-state index in [9.17, 15) is 22.7 Å². The highest BCUT2D eigenvalue weighted by Crippen LogP contribution is 2.37. The van der Waals surface area contributed by atoms with Crippen LogP contribution >= 0.6 is 11.6 Å². The predicted octanol–water partition coefficient (Wildman–Crippen LogP) is 1.91. The summed E-state index contributed by atoms with van der Waals surface area (Å²) in [6, 6.07) is 3.67. The van der Waals surface area contributed by atoms with Crippen molar-refractivity contribution >= 4 is 27.4 Å². The number of hydrogen-bond donors (Lipinski definition) is 1. The highest BCUT2D eigenvalue weighted by molar-refractivity contribution is 7.91. The Morgan fingerprint density at radius 1 is 1.47 bits per heavy atom. The number of carboxylic acids is 1. The van der Waals surface area contributed by atoms with E-state index in [0.717, 1.165) is 6.07 Å². The Balaban J connectivity index is 2.35. The maximum absolute atomic E-state index is 12.9. The maximum Gasteiger partial charge on any atom is 0.311 e. The number of carbonyl (C=O) groups is 1. The van der Waals surface area contributed by atoms with Gasteiger partial charge in [-0.25, -0.2) is 12.8 Å². The van der Waals surface area contributed by atoms with E-state index in [1.54, 1.807) is 0 Å². The third-order valence-corrected chi connectivity index (χ3v) is 5.56. The molecule has 1 aliphatic heterocycles. The van der Waals surface area contributed by atoms with Crippen molar-refractivity contribution < 1.29 is 22.7 Å². The summed E-state index contributed by atoms with van der Waals surface area (Å²) >= 11 is 5.86. The average molecular weight is 307 g/mol. The van der Waals surface area contributed by atoms with Crippen molar-refractivity contribution in [2.24, 2.45) is 5.41 Å². The number of carboxylic acid groups (broad SMARTS) is 1. The van der Waals surface area contributed by atoms with E-state index in [1.807, 2.05) is 0 Å². The SMILES string of the molecule is O=C(O)C1(Cc2ccc(F)cc2Cl)CCS(=O)(=O)C1. The second-order valence-corrected chi connectivity index (χ2v) is 7.43. The zero-order valence-corrected chi connectivity index (χ0v) is 11.5. The number of hydrogen-bond acceptors (Lipinski definition) is 3. The Morgan fingerprint density at radius 2 is 2.16 bits per heavy atom. The van der Waals surface area contributed by atoms with Gasteiger partial charge in [-0.2, -0.15) is 0 Å². The van der Waals surface area contributed by atoms with Gasteiger partial charge in [0.05, 0.1) is 16.9 Å². The van der Waals surface area contributed by atoms with E-state index in [1.165, 1.54) is 12.1 Å². The minimum Gasteiger partial charge on any atom is -0.481 e. The van der Waals surface area contributed by atoms with Crippen LogP contribution in [0.3, 0.4) is 0 Å². The topological polar surface area (TPSA) is 71.4 Å². The highest BCUT2D eigenvalue weighted by Gasteiger charge is 2.48. The number of benzene rings is 1. The summed E-state index contributed by atoms with van der Waals surface area (Å²) in [5.41, 5.74) is -0.914. The normalized spacial score (nSPS) is 25.4. The van der Waals surface area contributed by atoms with Crippen LogP contribution in [-0.4, -0.2) is 31.0 Å². The first-order valence-corrected chi connectivity index (χ1v) is 7.82. The largest absolute Gasteiger partial charge is 0.481 e. The molecule has 0 radical (unpaired) electrons. The summed E-state index contributed by atoms with van der Waals surface area (Å²) in [7, 11) is -3.34. The van der Waals surface area contributed by atoms with E-state index < -0.39 is 32.8 Å². The van der Waals surface area contributed by atoms with Crippen LogP contribution in [0.25, 0.3) is 0 Å². The first-order valence-electron chi connectivity index (χ1n) is 5.62. The van der Waals surface area contributed by atoms with Crippen LogP contribution in [0.5, 0.6) is 0 Å². The summed E-state index contributed by atoms with van der Waals surface area (Å²) in [5.74, 6) is -2.22. The molecule has 0 spiro atoms. The number of rotatable bonds is 3. The molecule has 0 aliphatic carbocycles. The molecule has 1 atom stereocenters. The van der Waals surface area contributed by atoms with Crippen LogP contribution in [0.15, 0.2) is 18.2 Å². The van der Waals surface area contributed by atoms with Crippen LogP contribution in [0.2, 0.25) is 5.02 Å². The van der Waals surface area contributed by atoms with Gasteiger partial charge in [-0.15, -0.1) is 0 Å². The van der Waals surface area contributed by atoms with Crippen LogP contribution in [-0.2, 0) is 21.1 Å². The Kier molecular flexibility index (Phi) is 3.57. The molecule has 7 heteroatoms. The molecule has 1 unspecified atom stereocenters. The first-order chi connectivity index (χ1) is 8.74. The maximum atomic E-state index is 12.9. The monoisotopic (exact) mass is 306 g/mol. The van der Waals surface area contributed by atoms with Gasteiger partial charge in [0.2, 0.25) is 0 Å². The van der Waals surface area contributed by atoms with E-state index in [-0.39, 0.29) is 23.6 Å². The molecule has 0 amide bonds. The van der Waals surface area contributed by atoms with Gasteiger partial charge < -0.3 is 5.11 Å². The van der Waals surface area contributed by atoms with Crippen molar-refractivity contribution in [3.05, 3.63) is 34.6 Å². The van der Waals surface area contributed by atoms with Gasteiger partial charge in [0.15, 0.2) is 9.84 Å². The highest BCUT2D eigenvalue weighted by atomic mass is 35.5. The lowest BCUT2D eigenvalue weighted by atomic mass is 9.81. The minimum absolute atomic E-state index is 0.0132. The number of sulfone groups is 1.